The summed E-state index contributed by atoms with van der Waals surface area (Å²) in [4.78, 5) is 16.0. The van der Waals surface area contributed by atoms with E-state index in [1.165, 1.54) is 5.56 Å². The molecule has 0 aliphatic carbocycles. The Morgan fingerprint density at radius 3 is 2.36 bits per heavy atom. The summed E-state index contributed by atoms with van der Waals surface area (Å²) in [6, 6.07) is 19.0. The highest BCUT2D eigenvalue weighted by Gasteiger charge is 2.05. The Balaban J connectivity index is 1.50. The first-order chi connectivity index (χ1) is 12.2. The fourth-order valence-corrected chi connectivity index (χ4v) is 2.50. The van der Waals surface area contributed by atoms with Crippen LogP contribution in [0.25, 0.3) is 0 Å². The lowest BCUT2D eigenvalue weighted by Crippen LogP contribution is -2.12. The molecule has 0 atom stereocenters. The van der Waals surface area contributed by atoms with Crippen LogP contribution in [-0.4, -0.2) is 17.4 Å². The van der Waals surface area contributed by atoms with Crippen molar-refractivity contribution >= 4 is 28.9 Å². The van der Waals surface area contributed by atoms with Gasteiger partial charge in [0.25, 0.3) is 5.91 Å². The molecule has 1 heterocycles. The van der Waals surface area contributed by atoms with Gasteiger partial charge in [0, 0.05) is 35.3 Å². The monoisotopic (exact) mass is 351 g/mol. The molecule has 0 saturated carbocycles. The molecule has 5 heteroatoms. The number of halogens is 1. The normalized spacial score (nSPS) is 10.3. The zero-order valence-corrected chi connectivity index (χ0v) is 14.3. The van der Waals surface area contributed by atoms with Gasteiger partial charge in [0.2, 0.25) is 0 Å². The van der Waals surface area contributed by atoms with Gasteiger partial charge in [0.1, 0.15) is 0 Å². The van der Waals surface area contributed by atoms with Crippen molar-refractivity contribution in [1.82, 2.24) is 4.98 Å². The first-order valence-corrected chi connectivity index (χ1v) is 8.38. The van der Waals surface area contributed by atoms with Gasteiger partial charge in [-0.1, -0.05) is 23.7 Å². The Morgan fingerprint density at radius 2 is 1.68 bits per heavy atom. The van der Waals surface area contributed by atoms with Gasteiger partial charge in [-0.05, 0) is 60.5 Å². The number of amides is 1. The van der Waals surface area contributed by atoms with Crippen molar-refractivity contribution in [3.05, 3.63) is 89.2 Å². The molecule has 1 amide bonds. The lowest BCUT2D eigenvalue weighted by Gasteiger charge is -2.09. The number of anilines is 2. The molecule has 1 aromatic heterocycles. The second-order valence-electron chi connectivity index (χ2n) is 5.58. The number of carbonyl (C=O) groups is 1. The number of benzene rings is 2. The second kappa shape index (κ2) is 8.31. The third-order valence-electron chi connectivity index (χ3n) is 3.72. The zero-order chi connectivity index (χ0) is 17.5. The summed E-state index contributed by atoms with van der Waals surface area (Å²) in [5.41, 5.74) is 3.52. The third kappa shape index (κ3) is 5.06. The highest BCUT2D eigenvalue weighted by molar-refractivity contribution is 6.30. The number of hydrogen-bond donors (Lipinski definition) is 2. The van der Waals surface area contributed by atoms with Crippen molar-refractivity contribution in [2.45, 2.75) is 6.42 Å². The average Bonchev–Trinajstić information content (AvgIpc) is 2.65. The van der Waals surface area contributed by atoms with Gasteiger partial charge < -0.3 is 10.6 Å². The predicted molar refractivity (Wildman–Crippen MR) is 102 cm³/mol. The average molecular weight is 352 g/mol. The number of hydrogen-bond acceptors (Lipinski definition) is 3. The SMILES string of the molecule is O=C(Nc1ccc(NCCc2ccc(Cl)cc2)cc1)c1cccnc1. The maximum atomic E-state index is 12.1. The number of carbonyl (C=O) groups excluding carboxylic acids is 1. The number of rotatable bonds is 6. The molecule has 4 nitrogen and oxygen atoms in total. The van der Waals surface area contributed by atoms with Gasteiger partial charge in [0.05, 0.1) is 5.56 Å². The molecule has 0 saturated heterocycles. The van der Waals surface area contributed by atoms with Gasteiger partial charge in [-0.2, -0.15) is 0 Å². The first-order valence-electron chi connectivity index (χ1n) is 8.00. The number of aromatic nitrogens is 1. The van der Waals surface area contributed by atoms with Crippen molar-refractivity contribution in [2.24, 2.45) is 0 Å². The van der Waals surface area contributed by atoms with Crippen LogP contribution >= 0.6 is 11.6 Å². The van der Waals surface area contributed by atoms with E-state index in [9.17, 15) is 4.79 Å². The second-order valence-corrected chi connectivity index (χ2v) is 6.01. The number of pyridine rings is 1. The molecule has 0 spiro atoms. The summed E-state index contributed by atoms with van der Waals surface area (Å²) < 4.78 is 0. The minimum absolute atomic E-state index is 0.170. The van der Waals surface area contributed by atoms with Gasteiger partial charge in [-0.3, -0.25) is 9.78 Å². The quantitative estimate of drug-likeness (QED) is 0.680. The van der Waals surface area contributed by atoms with E-state index in [1.54, 1.807) is 24.5 Å². The molecule has 126 valence electrons. The minimum atomic E-state index is -0.170. The van der Waals surface area contributed by atoms with Crippen LogP contribution in [0.2, 0.25) is 5.02 Å². The minimum Gasteiger partial charge on any atom is -0.385 e. The number of nitrogens with one attached hydrogen (secondary N) is 2. The highest BCUT2D eigenvalue weighted by Crippen LogP contribution is 2.15. The molecule has 0 radical (unpaired) electrons. The standard InChI is InChI=1S/C20H18ClN3O/c21-17-5-3-15(4-6-17)11-13-23-18-7-9-19(10-8-18)24-20(25)16-2-1-12-22-14-16/h1-10,12,14,23H,11,13H2,(H,24,25). The molecular formula is C20H18ClN3O. The molecule has 25 heavy (non-hydrogen) atoms. The summed E-state index contributed by atoms with van der Waals surface area (Å²) in [7, 11) is 0. The molecule has 3 rings (SSSR count). The zero-order valence-electron chi connectivity index (χ0n) is 13.6. The van der Waals surface area contributed by atoms with Crippen LogP contribution in [0.4, 0.5) is 11.4 Å². The molecule has 3 aromatic rings. The fourth-order valence-electron chi connectivity index (χ4n) is 2.37. The van der Waals surface area contributed by atoms with Gasteiger partial charge >= 0.3 is 0 Å². The Hall–Kier alpha value is -2.85. The van der Waals surface area contributed by atoms with Crippen molar-refractivity contribution in [1.29, 1.82) is 0 Å². The first kappa shape index (κ1) is 17.0. The molecule has 2 N–H and O–H groups in total. The van der Waals surface area contributed by atoms with E-state index < -0.39 is 0 Å². The topological polar surface area (TPSA) is 54.0 Å². The van der Waals surface area contributed by atoms with Crippen molar-refractivity contribution in [2.75, 3.05) is 17.2 Å². The van der Waals surface area contributed by atoms with E-state index in [1.807, 2.05) is 48.5 Å². The van der Waals surface area contributed by atoms with Crippen LogP contribution in [0.5, 0.6) is 0 Å². The summed E-state index contributed by atoms with van der Waals surface area (Å²) in [5.74, 6) is -0.170. The smallest absolute Gasteiger partial charge is 0.257 e. The lowest BCUT2D eigenvalue weighted by molar-refractivity contribution is 0.102. The molecule has 0 bridgehead atoms. The summed E-state index contributed by atoms with van der Waals surface area (Å²) >= 11 is 5.88. The Morgan fingerprint density at radius 1 is 0.960 bits per heavy atom. The molecular weight excluding hydrogens is 334 g/mol. The van der Waals surface area contributed by atoms with Crippen molar-refractivity contribution in [3.63, 3.8) is 0 Å². The Kier molecular flexibility index (Phi) is 5.65. The van der Waals surface area contributed by atoms with Crippen LogP contribution in [0.3, 0.4) is 0 Å². The lowest BCUT2D eigenvalue weighted by atomic mass is 10.1. The molecule has 0 aliphatic heterocycles. The Bertz CT molecular complexity index is 818. The largest absolute Gasteiger partial charge is 0.385 e. The summed E-state index contributed by atoms with van der Waals surface area (Å²) in [6.45, 7) is 0.822. The number of nitrogens with zero attached hydrogens (tertiary/aromatic N) is 1. The summed E-state index contributed by atoms with van der Waals surface area (Å²) in [6.07, 6.45) is 4.10. The van der Waals surface area contributed by atoms with Crippen molar-refractivity contribution in [3.8, 4) is 0 Å². The highest BCUT2D eigenvalue weighted by atomic mass is 35.5. The van der Waals surface area contributed by atoms with Gasteiger partial charge in [0.15, 0.2) is 0 Å². The summed E-state index contributed by atoms with van der Waals surface area (Å²) in [5, 5.41) is 6.97. The van der Waals surface area contributed by atoms with Crippen molar-refractivity contribution < 1.29 is 4.79 Å². The van der Waals surface area contributed by atoms with Crippen LogP contribution in [0, 0.1) is 0 Å². The molecule has 0 unspecified atom stereocenters. The molecule has 0 fully saturated rings. The maximum absolute atomic E-state index is 12.1. The van der Waals surface area contributed by atoms with Crippen LogP contribution in [0.15, 0.2) is 73.1 Å². The van der Waals surface area contributed by atoms with Crippen LogP contribution in [-0.2, 0) is 6.42 Å². The molecule has 0 aliphatic rings. The van der Waals surface area contributed by atoms with Gasteiger partial charge in [-0.25, -0.2) is 0 Å². The third-order valence-corrected chi connectivity index (χ3v) is 3.97. The van der Waals surface area contributed by atoms with E-state index in [2.05, 4.69) is 15.6 Å². The maximum Gasteiger partial charge on any atom is 0.257 e. The predicted octanol–water partition coefficient (Wildman–Crippen LogP) is 4.64. The Labute approximate surface area is 151 Å². The van der Waals surface area contributed by atoms with Crippen LogP contribution < -0.4 is 10.6 Å². The van der Waals surface area contributed by atoms with Crippen LogP contribution in [0.1, 0.15) is 15.9 Å². The van der Waals surface area contributed by atoms with E-state index in [-0.39, 0.29) is 5.91 Å². The van der Waals surface area contributed by atoms with E-state index >= 15 is 0 Å². The molecule has 2 aromatic carbocycles. The van der Waals surface area contributed by atoms with E-state index in [0.29, 0.717) is 5.56 Å². The fraction of sp³-hybridized carbons (Fsp3) is 0.100. The van der Waals surface area contributed by atoms with E-state index in [4.69, 9.17) is 11.6 Å². The van der Waals surface area contributed by atoms with Gasteiger partial charge in [-0.15, -0.1) is 0 Å². The van der Waals surface area contributed by atoms with E-state index in [0.717, 1.165) is 29.4 Å².